The molecule has 0 bridgehead atoms. The Labute approximate surface area is 218 Å². The first-order valence-corrected chi connectivity index (χ1v) is 12.8. The van der Waals surface area contributed by atoms with Crippen molar-refractivity contribution < 1.29 is 4.74 Å². The SMILES string of the molecule is CC=CNc1cc(Nc2nccc(-c3cn(C4CC4)c4ccccc34)n2)c(OC)cc1N(C)CCNC. The minimum Gasteiger partial charge on any atom is -0.494 e. The highest BCUT2D eigenvalue weighted by molar-refractivity contribution is 5.95. The molecule has 37 heavy (non-hydrogen) atoms. The molecule has 1 fully saturated rings. The van der Waals surface area contributed by atoms with E-state index in [9.17, 15) is 0 Å². The first kappa shape index (κ1) is 24.6. The molecule has 0 saturated heterocycles. The Morgan fingerprint density at radius 1 is 1.16 bits per heavy atom. The first-order chi connectivity index (χ1) is 18.1. The van der Waals surface area contributed by atoms with E-state index in [-0.39, 0.29) is 0 Å². The summed E-state index contributed by atoms with van der Waals surface area (Å²) >= 11 is 0. The summed E-state index contributed by atoms with van der Waals surface area (Å²) in [5.41, 5.74) is 6.06. The zero-order valence-corrected chi connectivity index (χ0v) is 22.0. The summed E-state index contributed by atoms with van der Waals surface area (Å²) in [6.45, 7) is 3.72. The van der Waals surface area contributed by atoms with Crippen LogP contribution in [0.3, 0.4) is 0 Å². The second-order valence-electron chi connectivity index (χ2n) is 9.33. The van der Waals surface area contributed by atoms with Crippen LogP contribution in [0.2, 0.25) is 0 Å². The molecule has 1 aliphatic carbocycles. The van der Waals surface area contributed by atoms with Crippen molar-refractivity contribution >= 4 is 33.9 Å². The molecule has 0 amide bonds. The number of rotatable bonds is 11. The molecule has 1 saturated carbocycles. The van der Waals surface area contributed by atoms with Crippen LogP contribution in [0.4, 0.5) is 23.0 Å². The van der Waals surface area contributed by atoms with Crippen molar-refractivity contribution in [3.63, 3.8) is 0 Å². The number of benzene rings is 2. The molecular weight excluding hydrogens is 462 g/mol. The Morgan fingerprint density at radius 2 is 2.00 bits per heavy atom. The van der Waals surface area contributed by atoms with Crippen LogP contribution in [-0.2, 0) is 0 Å². The van der Waals surface area contributed by atoms with Crippen LogP contribution in [-0.4, -0.2) is 48.8 Å². The Bertz CT molecular complexity index is 1410. The van der Waals surface area contributed by atoms with Gasteiger partial charge in [-0.05, 0) is 51.2 Å². The zero-order valence-electron chi connectivity index (χ0n) is 22.0. The number of methoxy groups -OCH3 is 1. The van der Waals surface area contributed by atoms with E-state index in [0.29, 0.717) is 12.0 Å². The molecule has 0 atom stereocenters. The number of fused-ring (bicyclic) bond motifs is 1. The lowest BCUT2D eigenvalue weighted by Crippen LogP contribution is -2.27. The van der Waals surface area contributed by atoms with E-state index in [4.69, 9.17) is 9.72 Å². The van der Waals surface area contributed by atoms with Crippen LogP contribution in [0, 0.1) is 0 Å². The van der Waals surface area contributed by atoms with Crippen LogP contribution in [0.25, 0.3) is 22.2 Å². The number of anilines is 4. The summed E-state index contributed by atoms with van der Waals surface area (Å²) in [4.78, 5) is 11.6. The highest BCUT2D eigenvalue weighted by Crippen LogP contribution is 2.41. The highest BCUT2D eigenvalue weighted by Gasteiger charge is 2.26. The quantitative estimate of drug-likeness (QED) is 0.242. The number of hydrogen-bond acceptors (Lipinski definition) is 7. The van der Waals surface area contributed by atoms with Gasteiger partial charge in [0.1, 0.15) is 5.75 Å². The summed E-state index contributed by atoms with van der Waals surface area (Å²) in [6, 6.07) is 15.2. The number of nitrogens with zero attached hydrogens (tertiary/aromatic N) is 4. The fourth-order valence-corrected chi connectivity index (χ4v) is 4.59. The largest absolute Gasteiger partial charge is 0.494 e. The summed E-state index contributed by atoms with van der Waals surface area (Å²) in [7, 11) is 5.71. The monoisotopic (exact) mass is 497 g/mol. The van der Waals surface area contributed by atoms with Gasteiger partial charge in [0.15, 0.2) is 0 Å². The Balaban J connectivity index is 1.49. The van der Waals surface area contributed by atoms with Gasteiger partial charge < -0.3 is 30.2 Å². The van der Waals surface area contributed by atoms with Gasteiger partial charge in [0.25, 0.3) is 0 Å². The van der Waals surface area contributed by atoms with Crippen molar-refractivity contribution in [1.82, 2.24) is 19.9 Å². The number of ether oxygens (including phenoxy) is 1. The molecule has 8 heteroatoms. The fourth-order valence-electron chi connectivity index (χ4n) is 4.59. The molecule has 1 aliphatic rings. The lowest BCUT2D eigenvalue weighted by Gasteiger charge is -2.24. The molecule has 0 spiro atoms. The molecule has 0 radical (unpaired) electrons. The molecule has 4 aromatic rings. The van der Waals surface area contributed by atoms with Crippen molar-refractivity contribution in [3.05, 3.63) is 67.1 Å². The maximum atomic E-state index is 5.77. The minimum absolute atomic E-state index is 0.521. The number of para-hydroxylation sites is 1. The van der Waals surface area contributed by atoms with Crippen LogP contribution in [0.1, 0.15) is 25.8 Å². The molecule has 0 unspecified atom stereocenters. The van der Waals surface area contributed by atoms with Crippen LogP contribution < -0.4 is 25.6 Å². The van der Waals surface area contributed by atoms with Crippen molar-refractivity contribution in [2.24, 2.45) is 0 Å². The van der Waals surface area contributed by atoms with Gasteiger partial charge in [0, 0.05) is 61.1 Å². The van der Waals surface area contributed by atoms with Gasteiger partial charge in [0.2, 0.25) is 5.95 Å². The number of allylic oxidation sites excluding steroid dienone is 1. The summed E-state index contributed by atoms with van der Waals surface area (Å²) in [5.74, 6) is 1.24. The summed E-state index contributed by atoms with van der Waals surface area (Å²) in [5, 5.41) is 11.2. The maximum absolute atomic E-state index is 5.77. The van der Waals surface area contributed by atoms with Gasteiger partial charge in [0.05, 0.1) is 29.9 Å². The lowest BCUT2D eigenvalue weighted by molar-refractivity contribution is 0.417. The molecule has 2 aromatic heterocycles. The van der Waals surface area contributed by atoms with Gasteiger partial charge in [-0.2, -0.15) is 0 Å². The van der Waals surface area contributed by atoms with Crippen LogP contribution in [0.15, 0.2) is 67.1 Å². The smallest absolute Gasteiger partial charge is 0.227 e. The predicted octanol–water partition coefficient (Wildman–Crippen LogP) is 5.79. The number of likely N-dealkylation sites (N-methyl/N-ethyl adjacent to an activating group) is 2. The number of hydrogen-bond donors (Lipinski definition) is 3. The molecular formula is C29H35N7O. The second kappa shape index (κ2) is 10.9. The Hall–Kier alpha value is -4.04. The molecule has 8 nitrogen and oxygen atoms in total. The molecule has 3 N–H and O–H groups in total. The molecule has 2 heterocycles. The van der Waals surface area contributed by atoms with Crippen LogP contribution in [0.5, 0.6) is 5.75 Å². The van der Waals surface area contributed by atoms with E-state index in [1.54, 1.807) is 13.3 Å². The van der Waals surface area contributed by atoms with E-state index in [1.165, 1.54) is 23.7 Å². The Morgan fingerprint density at radius 3 is 2.76 bits per heavy atom. The van der Waals surface area contributed by atoms with Gasteiger partial charge in [-0.15, -0.1) is 0 Å². The maximum Gasteiger partial charge on any atom is 0.227 e. The van der Waals surface area contributed by atoms with E-state index in [1.807, 2.05) is 44.4 Å². The summed E-state index contributed by atoms with van der Waals surface area (Å²) < 4.78 is 8.17. The van der Waals surface area contributed by atoms with Gasteiger partial charge >= 0.3 is 0 Å². The van der Waals surface area contributed by atoms with Crippen molar-refractivity contribution in [3.8, 4) is 17.0 Å². The average molecular weight is 498 g/mol. The molecule has 2 aromatic carbocycles. The standard InChI is InChI=1S/C29H35N7O/c1-5-13-31-24-17-25(28(37-4)18-27(24)35(3)16-15-30-2)34-29-32-14-12-23(33-29)22-19-36(20-10-11-20)26-9-7-6-8-21(22)26/h5-9,12-14,17-20,30-31H,10-11,15-16H2,1-4H3,(H,32,33,34). The number of aromatic nitrogens is 3. The average Bonchev–Trinajstić information content (AvgIpc) is 3.70. The van der Waals surface area contributed by atoms with Crippen LogP contribution >= 0.6 is 0 Å². The summed E-state index contributed by atoms with van der Waals surface area (Å²) in [6.07, 6.45) is 10.4. The van der Waals surface area contributed by atoms with Crippen molar-refractivity contribution in [2.45, 2.75) is 25.8 Å². The van der Waals surface area contributed by atoms with Gasteiger partial charge in [-0.1, -0.05) is 24.3 Å². The van der Waals surface area contributed by atoms with E-state index < -0.39 is 0 Å². The highest BCUT2D eigenvalue weighted by atomic mass is 16.5. The predicted molar refractivity (Wildman–Crippen MR) is 153 cm³/mol. The Kier molecular flexibility index (Phi) is 7.28. The van der Waals surface area contributed by atoms with Crippen molar-refractivity contribution in [1.29, 1.82) is 0 Å². The topological polar surface area (TPSA) is 79.3 Å². The third-order valence-corrected chi connectivity index (χ3v) is 6.69. The molecule has 0 aliphatic heterocycles. The molecule has 5 rings (SSSR count). The lowest BCUT2D eigenvalue weighted by atomic mass is 10.1. The van der Waals surface area contributed by atoms with E-state index in [0.717, 1.165) is 47.2 Å². The number of nitrogens with one attached hydrogen (secondary N) is 3. The van der Waals surface area contributed by atoms with Gasteiger partial charge in [-0.3, -0.25) is 0 Å². The van der Waals surface area contributed by atoms with Crippen molar-refractivity contribution in [2.75, 3.05) is 49.8 Å². The third kappa shape index (κ3) is 5.24. The minimum atomic E-state index is 0.521. The molecule has 192 valence electrons. The first-order valence-electron chi connectivity index (χ1n) is 12.8. The van der Waals surface area contributed by atoms with E-state index >= 15 is 0 Å². The van der Waals surface area contributed by atoms with Gasteiger partial charge in [-0.25, -0.2) is 9.97 Å². The second-order valence-corrected chi connectivity index (χ2v) is 9.33. The fraction of sp³-hybridized carbons (Fsp3) is 0.310. The third-order valence-electron chi connectivity index (χ3n) is 6.69. The van der Waals surface area contributed by atoms with E-state index in [2.05, 4.69) is 67.9 Å². The zero-order chi connectivity index (χ0) is 25.8. The normalized spacial score (nSPS) is 13.3.